The van der Waals surface area contributed by atoms with Crippen LogP contribution in [0, 0.1) is 0 Å². The number of hydrogen-bond donors (Lipinski definition) is 1. The molecule has 0 spiro atoms. The van der Waals surface area contributed by atoms with Crippen LogP contribution >= 0.6 is 11.3 Å². The number of ether oxygens (including phenoxy) is 2. The molecule has 0 bridgehead atoms. The monoisotopic (exact) mass is 327 g/mol. The van der Waals surface area contributed by atoms with E-state index in [0.717, 1.165) is 50.8 Å². The fourth-order valence-corrected chi connectivity index (χ4v) is 3.65. The van der Waals surface area contributed by atoms with Gasteiger partial charge >= 0.3 is 0 Å². The molecule has 0 aromatic carbocycles. The Morgan fingerprint density at radius 1 is 1.41 bits per heavy atom. The third-order valence-electron chi connectivity index (χ3n) is 4.17. The first-order valence-corrected chi connectivity index (χ1v) is 8.93. The Bertz CT molecular complexity index is 418. The summed E-state index contributed by atoms with van der Waals surface area (Å²) in [5.74, 6) is 0. The van der Waals surface area contributed by atoms with Crippen molar-refractivity contribution in [3.05, 3.63) is 11.6 Å². The first-order chi connectivity index (χ1) is 10.8. The van der Waals surface area contributed by atoms with E-state index in [-0.39, 0.29) is 6.10 Å². The van der Waals surface area contributed by atoms with E-state index in [0.29, 0.717) is 19.8 Å². The highest BCUT2D eigenvalue weighted by atomic mass is 32.1. The molecular formula is C15H25N3O3S. The van der Waals surface area contributed by atoms with Crippen molar-refractivity contribution in [3.63, 3.8) is 0 Å². The number of nitrogens with zero attached hydrogens (tertiary/aromatic N) is 3. The quantitative estimate of drug-likeness (QED) is 0.800. The number of β-amino-alcohol motifs (C(OH)–C–C–N with tert-alkyl or cyclic N) is 1. The van der Waals surface area contributed by atoms with Gasteiger partial charge in [0.25, 0.3) is 0 Å². The van der Waals surface area contributed by atoms with Crippen molar-refractivity contribution in [2.45, 2.75) is 25.0 Å². The lowest BCUT2D eigenvalue weighted by Gasteiger charge is -2.35. The number of aromatic nitrogens is 1. The zero-order valence-electron chi connectivity index (χ0n) is 12.9. The summed E-state index contributed by atoms with van der Waals surface area (Å²) < 4.78 is 11.1. The summed E-state index contributed by atoms with van der Waals surface area (Å²) >= 11 is 1.68. The molecule has 0 unspecified atom stereocenters. The van der Waals surface area contributed by atoms with Gasteiger partial charge in [-0.05, 0) is 12.8 Å². The second-order valence-corrected chi connectivity index (χ2v) is 6.80. The summed E-state index contributed by atoms with van der Waals surface area (Å²) in [5.41, 5.74) is 0. The molecule has 1 N–H and O–H groups in total. The van der Waals surface area contributed by atoms with Crippen LogP contribution in [-0.2, 0) is 9.47 Å². The van der Waals surface area contributed by atoms with Crippen LogP contribution < -0.4 is 4.90 Å². The minimum absolute atomic E-state index is 0.231. The number of aliphatic hydroxyl groups is 1. The molecule has 0 amide bonds. The van der Waals surface area contributed by atoms with Gasteiger partial charge in [0, 0.05) is 50.9 Å². The van der Waals surface area contributed by atoms with Crippen molar-refractivity contribution in [1.29, 1.82) is 0 Å². The average molecular weight is 327 g/mol. The van der Waals surface area contributed by atoms with Crippen LogP contribution in [-0.4, -0.2) is 79.7 Å². The van der Waals surface area contributed by atoms with E-state index >= 15 is 0 Å². The number of hydrogen-bond acceptors (Lipinski definition) is 7. The zero-order valence-corrected chi connectivity index (χ0v) is 13.7. The molecule has 2 aliphatic heterocycles. The second-order valence-electron chi connectivity index (χ2n) is 5.93. The predicted molar refractivity (Wildman–Crippen MR) is 86.6 cm³/mol. The standard InChI is InChI=1S/C15H25N3O3S/c19-13(11-20-12-14-2-1-8-21-14)10-17-4-6-18(7-5-17)15-16-3-9-22-15/h3,9,13-14,19H,1-2,4-8,10-12H2/t13-,14+/m1/s1. The highest BCUT2D eigenvalue weighted by Crippen LogP contribution is 2.19. The fourth-order valence-electron chi connectivity index (χ4n) is 2.96. The molecule has 6 nitrogen and oxygen atoms in total. The minimum Gasteiger partial charge on any atom is -0.389 e. The number of piperazine rings is 1. The lowest BCUT2D eigenvalue weighted by molar-refractivity contribution is -0.0254. The Morgan fingerprint density at radius 2 is 2.27 bits per heavy atom. The van der Waals surface area contributed by atoms with Gasteiger partial charge in [0.05, 0.1) is 25.4 Å². The summed E-state index contributed by atoms with van der Waals surface area (Å²) in [6.07, 6.45) is 3.86. The second kappa shape index (κ2) is 8.21. The molecule has 3 heterocycles. The Labute approximate surface area is 135 Å². The molecule has 2 saturated heterocycles. The van der Waals surface area contributed by atoms with Crippen LogP contribution in [0.15, 0.2) is 11.6 Å². The molecule has 124 valence electrons. The van der Waals surface area contributed by atoms with E-state index in [1.54, 1.807) is 11.3 Å². The number of rotatable bonds is 7. The summed E-state index contributed by atoms with van der Waals surface area (Å²) in [7, 11) is 0. The van der Waals surface area contributed by atoms with E-state index in [1.165, 1.54) is 0 Å². The molecule has 1 aromatic heterocycles. The summed E-state index contributed by atoms with van der Waals surface area (Å²) in [6, 6.07) is 0. The lowest BCUT2D eigenvalue weighted by Crippen LogP contribution is -2.49. The summed E-state index contributed by atoms with van der Waals surface area (Å²) in [6.45, 7) is 6.39. The zero-order chi connectivity index (χ0) is 15.2. The van der Waals surface area contributed by atoms with E-state index in [9.17, 15) is 5.11 Å². The predicted octanol–water partition coefficient (Wildman–Crippen LogP) is 0.822. The van der Waals surface area contributed by atoms with Crippen LogP contribution in [0.4, 0.5) is 5.13 Å². The first kappa shape index (κ1) is 16.1. The van der Waals surface area contributed by atoms with Crippen molar-refractivity contribution >= 4 is 16.5 Å². The van der Waals surface area contributed by atoms with E-state index in [1.807, 2.05) is 11.6 Å². The maximum atomic E-state index is 10.1. The van der Waals surface area contributed by atoms with Gasteiger partial charge in [0.1, 0.15) is 0 Å². The number of anilines is 1. The van der Waals surface area contributed by atoms with Crippen molar-refractivity contribution in [2.75, 3.05) is 57.4 Å². The molecule has 0 aliphatic carbocycles. The van der Waals surface area contributed by atoms with Crippen molar-refractivity contribution in [3.8, 4) is 0 Å². The Morgan fingerprint density at radius 3 is 2.95 bits per heavy atom. The van der Waals surface area contributed by atoms with Gasteiger partial charge in [-0.1, -0.05) is 0 Å². The van der Waals surface area contributed by atoms with Crippen molar-refractivity contribution in [2.24, 2.45) is 0 Å². The van der Waals surface area contributed by atoms with Gasteiger partial charge < -0.3 is 19.5 Å². The topological polar surface area (TPSA) is 58.1 Å². The smallest absolute Gasteiger partial charge is 0.185 e. The highest BCUT2D eigenvalue weighted by molar-refractivity contribution is 7.13. The third kappa shape index (κ3) is 4.63. The lowest BCUT2D eigenvalue weighted by atomic mass is 10.2. The molecule has 3 rings (SSSR count). The molecule has 2 atom stereocenters. The van der Waals surface area contributed by atoms with E-state index in [4.69, 9.17) is 9.47 Å². The van der Waals surface area contributed by atoms with Gasteiger partial charge in [-0.3, -0.25) is 4.90 Å². The molecule has 2 aliphatic rings. The maximum Gasteiger partial charge on any atom is 0.185 e. The molecule has 0 saturated carbocycles. The molecule has 7 heteroatoms. The van der Waals surface area contributed by atoms with Crippen LogP contribution in [0.1, 0.15) is 12.8 Å². The highest BCUT2D eigenvalue weighted by Gasteiger charge is 2.21. The van der Waals surface area contributed by atoms with Crippen LogP contribution in [0.3, 0.4) is 0 Å². The van der Waals surface area contributed by atoms with Crippen LogP contribution in [0.25, 0.3) is 0 Å². The Balaban J connectivity index is 1.30. The summed E-state index contributed by atoms with van der Waals surface area (Å²) in [5, 5.41) is 13.2. The molecule has 1 aromatic rings. The average Bonchev–Trinajstić information content (AvgIpc) is 3.21. The number of thiazole rings is 1. The maximum absolute atomic E-state index is 10.1. The van der Waals surface area contributed by atoms with Gasteiger partial charge in [-0.25, -0.2) is 4.98 Å². The van der Waals surface area contributed by atoms with Gasteiger partial charge in [-0.2, -0.15) is 0 Å². The number of aliphatic hydroxyl groups excluding tert-OH is 1. The largest absolute Gasteiger partial charge is 0.389 e. The van der Waals surface area contributed by atoms with Gasteiger partial charge in [0.15, 0.2) is 5.13 Å². The fraction of sp³-hybridized carbons (Fsp3) is 0.800. The molecule has 22 heavy (non-hydrogen) atoms. The minimum atomic E-state index is -0.423. The normalized spacial score (nSPS) is 24.8. The molecular weight excluding hydrogens is 302 g/mol. The van der Waals surface area contributed by atoms with Crippen LogP contribution in [0.2, 0.25) is 0 Å². The van der Waals surface area contributed by atoms with Crippen molar-refractivity contribution < 1.29 is 14.6 Å². The van der Waals surface area contributed by atoms with Gasteiger partial charge in [0.2, 0.25) is 0 Å². The van der Waals surface area contributed by atoms with Crippen molar-refractivity contribution in [1.82, 2.24) is 9.88 Å². The SMILES string of the molecule is O[C@@H](COC[C@@H]1CCCO1)CN1CCN(c2nccs2)CC1. The van der Waals surface area contributed by atoms with E-state index < -0.39 is 6.10 Å². The van der Waals surface area contributed by atoms with E-state index in [2.05, 4.69) is 14.8 Å². The third-order valence-corrected chi connectivity index (χ3v) is 5.00. The Kier molecular flexibility index (Phi) is 6.03. The first-order valence-electron chi connectivity index (χ1n) is 8.05. The molecule has 0 radical (unpaired) electrons. The van der Waals surface area contributed by atoms with Crippen LogP contribution in [0.5, 0.6) is 0 Å². The molecule has 2 fully saturated rings. The summed E-state index contributed by atoms with van der Waals surface area (Å²) in [4.78, 5) is 8.95. The Hall–Kier alpha value is -0.730. The van der Waals surface area contributed by atoms with Gasteiger partial charge in [-0.15, -0.1) is 11.3 Å².